The first kappa shape index (κ1) is 20.9. The van der Waals surface area contributed by atoms with Crippen LogP contribution in [-0.2, 0) is 0 Å². The number of nitrogens with one attached hydrogen (secondary N) is 3. The highest BCUT2D eigenvalue weighted by atomic mass is 35.5. The van der Waals surface area contributed by atoms with Gasteiger partial charge in [-0.05, 0) is 43.3 Å². The summed E-state index contributed by atoms with van der Waals surface area (Å²) in [6.45, 7) is 3.32. The number of aromatic nitrogens is 2. The molecule has 1 heterocycles. The average molecular weight is 400 g/mol. The third-order valence-corrected chi connectivity index (χ3v) is 3.83. The molecule has 9 heteroatoms. The number of nitrogens with zero attached hydrogens (tertiary/aromatic N) is 3. The Morgan fingerprint density at radius 3 is 2.00 bits per heavy atom. The molecule has 0 saturated heterocycles. The molecule has 8 nitrogen and oxygen atoms in total. The zero-order valence-electron chi connectivity index (χ0n) is 15.2. The molecular weight excluding hydrogens is 380 g/mol. The monoisotopic (exact) mass is 399 g/mol. The molecule has 1 aromatic heterocycles. The van der Waals surface area contributed by atoms with Crippen molar-refractivity contribution in [1.29, 1.82) is 0 Å². The van der Waals surface area contributed by atoms with E-state index in [1.807, 2.05) is 43.3 Å². The zero-order chi connectivity index (χ0) is 19.1. The number of halogens is 1. The van der Waals surface area contributed by atoms with E-state index < -0.39 is 4.92 Å². The number of nitro groups is 1. The molecule has 0 atom stereocenters. The maximum Gasteiger partial charge on any atom is 0.269 e. The van der Waals surface area contributed by atoms with Gasteiger partial charge in [-0.3, -0.25) is 10.1 Å². The number of aryl methyl sites for hydroxylation is 1. The van der Waals surface area contributed by atoms with Gasteiger partial charge < -0.3 is 28.4 Å². The van der Waals surface area contributed by atoms with Crippen LogP contribution in [0.4, 0.5) is 28.7 Å². The van der Waals surface area contributed by atoms with Gasteiger partial charge in [0.15, 0.2) is 5.82 Å². The second kappa shape index (κ2) is 10.1. The summed E-state index contributed by atoms with van der Waals surface area (Å²) < 4.78 is 0. The van der Waals surface area contributed by atoms with Crippen LogP contribution in [0.2, 0.25) is 0 Å². The van der Waals surface area contributed by atoms with Crippen molar-refractivity contribution in [3.63, 3.8) is 0 Å². The summed E-state index contributed by atoms with van der Waals surface area (Å²) in [7, 11) is 0. The molecule has 0 aliphatic heterocycles. The lowest BCUT2D eigenvalue weighted by atomic mass is 10.2. The number of hydrogen-bond acceptors (Lipinski definition) is 7. The molecule has 0 bridgehead atoms. The smallest absolute Gasteiger partial charge is 0.269 e. The van der Waals surface area contributed by atoms with Crippen LogP contribution < -0.4 is 28.4 Å². The highest BCUT2D eigenvalue weighted by Crippen LogP contribution is 2.16. The topological polar surface area (TPSA) is 105 Å². The Bertz CT molecular complexity index is 886. The highest BCUT2D eigenvalue weighted by Gasteiger charge is 2.03. The molecule has 146 valence electrons. The van der Waals surface area contributed by atoms with Crippen LogP contribution in [0, 0.1) is 17.0 Å². The van der Waals surface area contributed by atoms with E-state index in [0.29, 0.717) is 24.7 Å². The largest absolute Gasteiger partial charge is 1.00 e. The molecule has 28 heavy (non-hydrogen) atoms. The Morgan fingerprint density at radius 1 is 0.821 bits per heavy atom. The summed E-state index contributed by atoms with van der Waals surface area (Å²) in [4.78, 5) is 10.2. The molecule has 2 aromatic carbocycles. The van der Waals surface area contributed by atoms with Crippen LogP contribution >= 0.6 is 0 Å². The van der Waals surface area contributed by atoms with Gasteiger partial charge in [-0.25, -0.2) is 0 Å². The Kier molecular flexibility index (Phi) is 7.53. The third-order valence-electron chi connectivity index (χ3n) is 3.83. The summed E-state index contributed by atoms with van der Waals surface area (Å²) in [6.07, 6.45) is 0. The molecule has 0 spiro atoms. The minimum absolute atomic E-state index is 0. The molecule has 0 amide bonds. The van der Waals surface area contributed by atoms with Crippen LogP contribution in [0.15, 0.2) is 60.7 Å². The number of nitro benzene ring substituents is 1. The van der Waals surface area contributed by atoms with E-state index in [1.165, 1.54) is 17.7 Å². The van der Waals surface area contributed by atoms with Gasteiger partial charge in [0.05, 0.1) is 4.92 Å². The lowest BCUT2D eigenvalue weighted by Crippen LogP contribution is -3.00. The van der Waals surface area contributed by atoms with E-state index in [2.05, 4.69) is 26.1 Å². The van der Waals surface area contributed by atoms with Crippen molar-refractivity contribution in [3.05, 3.63) is 76.3 Å². The third kappa shape index (κ3) is 6.10. The van der Waals surface area contributed by atoms with Crippen molar-refractivity contribution in [2.75, 3.05) is 29.0 Å². The van der Waals surface area contributed by atoms with Gasteiger partial charge in [0.2, 0.25) is 0 Å². The van der Waals surface area contributed by atoms with E-state index in [0.717, 1.165) is 11.4 Å². The molecule has 0 fully saturated rings. The minimum Gasteiger partial charge on any atom is -1.00 e. The van der Waals surface area contributed by atoms with Crippen LogP contribution in [-0.4, -0.2) is 28.2 Å². The quantitative estimate of drug-likeness (QED) is 0.294. The van der Waals surface area contributed by atoms with Gasteiger partial charge in [-0.15, -0.1) is 10.2 Å². The first-order valence-corrected chi connectivity index (χ1v) is 8.50. The molecule has 3 aromatic rings. The van der Waals surface area contributed by atoms with Gasteiger partial charge >= 0.3 is 0 Å². The second-order valence-electron chi connectivity index (χ2n) is 5.95. The van der Waals surface area contributed by atoms with Gasteiger partial charge in [0.25, 0.3) is 5.69 Å². The Balaban J connectivity index is 0.00000280. The summed E-state index contributed by atoms with van der Waals surface area (Å²) in [5.74, 6) is 1.35. The first-order chi connectivity index (χ1) is 13.1. The van der Waals surface area contributed by atoms with Gasteiger partial charge in [0.1, 0.15) is 5.82 Å². The minimum atomic E-state index is -0.415. The fraction of sp³-hybridized carbons (Fsp3) is 0.158. The van der Waals surface area contributed by atoms with Crippen molar-refractivity contribution in [1.82, 2.24) is 10.2 Å². The van der Waals surface area contributed by atoms with Gasteiger partial charge in [0, 0.05) is 36.6 Å². The molecule has 0 unspecified atom stereocenters. The lowest BCUT2D eigenvalue weighted by molar-refractivity contribution is -0.384. The van der Waals surface area contributed by atoms with Crippen molar-refractivity contribution < 1.29 is 17.3 Å². The Labute approximate surface area is 169 Å². The number of hydrogen-bond donors (Lipinski definition) is 3. The fourth-order valence-corrected chi connectivity index (χ4v) is 2.38. The summed E-state index contributed by atoms with van der Waals surface area (Å²) >= 11 is 0. The maximum absolute atomic E-state index is 10.6. The first-order valence-electron chi connectivity index (χ1n) is 8.50. The van der Waals surface area contributed by atoms with Crippen molar-refractivity contribution in [3.8, 4) is 0 Å². The van der Waals surface area contributed by atoms with Crippen LogP contribution in [0.3, 0.4) is 0 Å². The highest BCUT2D eigenvalue weighted by molar-refractivity contribution is 5.57. The van der Waals surface area contributed by atoms with Crippen LogP contribution in [0.1, 0.15) is 5.56 Å². The van der Waals surface area contributed by atoms with Crippen molar-refractivity contribution >= 4 is 28.7 Å². The Morgan fingerprint density at radius 2 is 1.39 bits per heavy atom. The molecule has 0 saturated carbocycles. The molecule has 3 N–H and O–H groups in total. The van der Waals surface area contributed by atoms with Crippen LogP contribution in [0.5, 0.6) is 0 Å². The van der Waals surface area contributed by atoms with E-state index in [9.17, 15) is 10.1 Å². The lowest BCUT2D eigenvalue weighted by Gasteiger charge is -2.09. The Hall–Kier alpha value is -3.39. The average Bonchev–Trinajstić information content (AvgIpc) is 2.68. The van der Waals surface area contributed by atoms with Crippen molar-refractivity contribution in [2.45, 2.75) is 6.92 Å². The molecule has 0 radical (unpaired) electrons. The number of anilines is 4. The second-order valence-corrected chi connectivity index (χ2v) is 5.95. The number of benzene rings is 2. The predicted molar refractivity (Wildman–Crippen MR) is 107 cm³/mol. The summed E-state index contributed by atoms with van der Waals surface area (Å²) in [5, 5.41) is 28.5. The van der Waals surface area contributed by atoms with Crippen molar-refractivity contribution in [2.24, 2.45) is 0 Å². The van der Waals surface area contributed by atoms with Gasteiger partial charge in [-0.1, -0.05) is 17.7 Å². The maximum atomic E-state index is 10.6. The summed E-state index contributed by atoms with van der Waals surface area (Å²) in [6, 6.07) is 18.1. The van der Waals surface area contributed by atoms with Gasteiger partial charge in [-0.2, -0.15) is 0 Å². The standard InChI is InChI=1S/C19H20N6O2.ClH/c1-14-2-4-16(5-3-14)22-19-11-10-18(23-24-19)21-13-12-20-15-6-8-17(9-7-15)25(26)27;/h2-11,20H,12-13H2,1H3,(H,21,23)(H,22,24);1H/p-1. The van der Waals surface area contributed by atoms with E-state index >= 15 is 0 Å². The fourth-order valence-electron chi connectivity index (χ4n) is 2.38. The molecule has 0 aliphatic carbocycles. The van der Waals surface area contributed by atoms with E-state index in [4.69, 9.17) is 0 Å². The predicted octanol–water partition coefficient (Wildman–Crippen LogP) is 0.965. The normalized spacial score (nSPS) is 9.89. The van der Waals surface area contributed by atoms with E-state index in [-0.39, 0.29) is 18.1 Å². The SMILES string of the molecule is Cc1ccc(Nc2ccc(NCCNc3ccc([N+](=O)[O-])cc3)nn2)cc1.[Cl-]. The van der Waals surface area contributed by atoms with Crippen LogP contribution in [0.25, 0.3) is 0 Å². The number of non-ortho nitro benzene ring substituents is 1. The zero-order valence-corrected chi connectivity index (χ0v) is 16.0. The van der Waals surface area contributed by atoms with E-state index in [1.54, 1.807) is 12.1 Å². The molecule has 3 rings (SSSR count). The summed E-state index contributed by atoms with van der Waals surface area (Å²) in [5.41, 5.74) is 3.07. The molecular formula is C19H20ClN6O2-. The molecule has 0 aliphatic rings. The number of rotatable bonds is 8.